The van der Waals surface area contributed by atoms with Crippen LogP contribution in [0.25, 0.3) is 5.69 Å². The van der Waals surface area contributed by atoms with Gasteiger partial charge in [0.05, 0.1) is 11.0 Å². The maximum Gasteiger partial charge on any atom is 0.135 e. The van der Waals surface area contributed by atoms with Crippen molar-refractivity contribution in [2.45, 2.75) is 39.3 Å². The molecule has 0 bridgehead atoms. The highest BCUT2D eigenvalue weighted by atomic mass is 35.5. The SMILES string of the molecule is C[Si](C)(C)C#Cc1c([Si](C)(C)C)nnn1-c1ccc(Cl)cc1. The van der Waals surface area contributed by atoms with Crippen LogP contribution < -0.4 is 5.32 Å². The third kappa shape index (κ3) is 4.10. The molecule has 0 fully saturated rings. The lowest BCUT2D eigenvalue weighted by Gasteiger charge is -2.13. The fraction of sp³-hybridized carbons (Fsp3) is 0.375. The monoisotopic (exact) mass is 347 g/mol. The lowest BCUT2D eigenvalue weighted by molar-refractivity contribution is 0.798. The molecule has 6 heteroatoms. The second-order valence-corrected chi connectivity index (χ2v) is 17.6. The smallest absolute Gasteiger partial charge is 0.135 e. The molecule has 0 saturated heterocycles. The summed E-state index contributed by atoms with van der Waals surface area (Å²) in [6, 6.07) is 7.63. The number of benzene rings is 1. The van der Waals surface area contributed by atoms with Gasteiger partial charge in [0.2, 0.25) is 0 Å². The highest BCUT2D eigenvalue weighted by Crippen LogP contribution is 2.15. The van der Waals surface area contributed by atoms with E-state index in [9.17, 15) is 0 Å². The minimum Gasteiger partial charge on any atom is -0.205 e. The second-order valence-electron chi connectivity index (χ2n) is 7.42. The average Bonchev–Trinajstić information content (AvgIpc) is 2.80. The van der Waals surface area contributed by atoms with E-state index in [-0.39, 0.29) is 0 Å². The van der Waals surface area contributed by atoms with Gasteiger partial charge in [-0.25, -0.2) is 4.68 Å². The quantitative estimate of drug-likeness (QED) is 0.612. The molecule has 0 aliphatic rings. The molecule has 0 N–H and O–H groups in total. The minimum absolute atomic E-state index is 0.712. The van der Waals surface area contributed by atoms with Gasteiger partial charge in [-0.15, -0.1) is 10.6 Å². The Balaban J connectivity index is 2.62. The van der Waals surface area contributed by atoms with E-state index in [0.29, 0.717) is 5.02 Å². The van der Waals surface area contributed by atoms with E-state index in [4.69, 9.17) is 11.6 Å². The summed E-state index contributed by atoms with van der Waals surface area (Å²) in [7, 11) is -3.07. The lowest BCUT2D eigenvalue weighted by atomic mass is 10.3. The van der Waals surface area contributed by atoms with Crippen LogP contribution in [0.4, 0.5) is 0 Å². The van der Waals surface area contributed by atoms with E-state index in [0.717, 1.165) is 16.7 Å². The van der Waals surface area contributed by atoms with Gasteiger partial charge in [-0.2, -0.15) is 0 Å². The van der Waals surface area contributed by atoms with Crippen LogP contribution in [0.3, 0.4) is 0 Å². The molecule has 22 heavy (non-hydrogen) atoms. The molecule has 2 rings (SSSR count). The molecule has 1 aromatic heterocycles. The first kappa shape index (κ1) is 17.0. The van der Waals surface area contributed by atoms with Crippen LogP contribution in [0.2, 0.25) is 44.3 Å². The molecular formula is C16H22ClN3Si2. The Bertz CT molecular complexity index is 726. The Hall–Kier alpha value is -1.36. The first-order valence-electron chi connectivity index (χ1n) is 7.33. The van der Waals surface area contributed by atoms with Crippen molar-refractivity contribution in [3.63, 3.8) is 0 Å². The predicted molar refractivity (Wildman–Crippen MR) is 99.6 cm³/mol. The molecule has 0 atom stereocenters. The summed E-state index contributed by atoms with van der Waals surface area (Å²) in [5, 5.41) is 10.6. The molecule has 2 aromatic rings. The molecule has 0 aliphatic heterocycles. The van der Waals surface area contributed by atoms with Gasteiger partial charge < -0.3 is 0 Å². The zero-order valence-corrected chi connectivity index (χ0v) is 16.8. The van der Waals surface area contributed by atoms with Crippen molar-refractivity contribution < 1.29 is 0 Å². The highest BCUT2D eigenvalue weighted by molar-refractivity contribution is 6.88. The van der Waals surface area contributed by atoms with Gasteiger partial charge in [0, 0.05) is 5.02 Å². The third-order valence-electron chi connectivity index (χ3n) is 3.01. The number of aromatic nitrogens is 3. The Morgan fingerprint density at radius 2 is 1.59 bits per heavy atom. The van der Waals surface area contributed by atoms with Crippen LogP contribution in [-0.4, -0.2) is 31.1 Å². The molecule has 0 radical (unpaired) electrons. The van der Waals surface area contributed by atoms with Crippen molar-refractivity contribution in [3.05, 3.63) is 35.0 Å². The number of hydrogen-bond acceptors (Lipinski definition) is 2. The first-order chi connectivity index (χ1) is 10.1. The molecule has 0 aliphatic carbocycles. The second kappa shape index (κ2) is 6.03. The van der Waals surface area contributed by atoms with Crippen LogP contribution in [0.5, 0.6) is 0 Å². The molecule has 1 aromatic carbocycles. The van der Waals surface area contributed by atoms with Crippen LogP contribution >= 0.6 is 11.6 Å². The van der Waals surface area contributed by atoms with E-state index in [2.05, 4.69) is 61.1 Å². The van der Waals surface area contributed by atoms with E-state index < -0.39 is 16.1 Å². The fourth-order valence-electron chi connectivity index (χ4n) is 1.91. The molecule has 0 amide bonds. The summed E-state index contributed by atoms with van der Waals surface area (Å²) in [6.45, 7) is 13.5. The van der Waals surface area contributed by atoms with E-state index in [1.807, 2.05) is 28.9 Å². The van der Waals surface area contributed by atoms with Crippen LogP contribution in [0.1, 0.15) is 5.69 Å². The maximum atomic E-state index is 5.98. The predicted octanol–water partition coefficient (Wildman–Crippen LogP) is 3.69. The van der Waals surface area contributed by atoms with Gasteiger partial charge in [0.1, 0.15) is 21.8 Å². The summed E-state index contributed by atoms with van der Waals surface area (Å²) in [4.78, 5) is 0. The molecule has 0 saturated carbocycles. The number of rotatable bonds is 2. The third-order valence-corrected chi connectivity index (χ3v) is 5.89. The Kier molecular flexibility index (Phi) is 4.66. The van der Waals surface area contributed by atoms with E-state index >= 15 is 0 Å². The van der Waals surface area contributed by atoms with Crippen LogP contribution in [0.15, 0.2) is 24.3 Å². The average molecular weight is 348 g/mol. The van der Waals surface area contributed by atoms with Gasteiger partial charge in [-0.3, -0.25) is 0 Å². The molecular weight excluding hydrogens is 326 g/mol. The van der Waals surface area contributed by atoms with Gasteiger partial charge in [-0.05, 0) is 24.3 Å². The highest BCUT2D eigenvalue weighted by Gasteiger charge is 2.26. The summed E-state index contributed by atoms with van der Waals surface area (Å²) in [6.07, 6.45) is 0. The minimum atomic E-state index is -1.60. The zero-order valence-electron chi connectivity index (χ0n) is 14.0. The Morgan fingerprint density at radius 1 is 1.00 bits per heavy atom. The lowest BCUT2D eigenvalue weighted by Crippen LogP contribution is -2.41. The van der Waals surface area contributed by atoms with Gasteiger partial charge in [-0.1, -0.05) is 62.0 Å². The molecule has 0 spiro atoms. The van der Waals surface area contributed by atoms with Crippen molar-refractivity contribution in [2.24, 2.45) is 0 Å². The first-order valence-corrected chi connectivity index (χ1v) is 14.7. The van der Waals surface area contributed by atoms with Crippen molar-refractivity contribution in [1.29, 1.82) is 0 Å². The topological polar surface area (TPSA) is 30.7 Å². The van der Waals surface area contributed by atoms with Crippen LogP contribution in [-0.2, 0) is 0 Å². The number of nitrogens with zero attached hydrogens (tertiary/aromatic N) is 3. The van der Waals surface area contributed by atoms with Crippen molar-refractivity contribution >= 4 is 33.1 Å². The molecule has 3 nitrogen and oxygen atoms in total. The largest absolute Gasteiger partial charge is 0.205 e. The van der Waals surface area contributed by atoms with Crippen molar-refractivity contribution in [2.75, 3.05) is 0 Å². The van der Waals surface area contributed by atoms with Crippen molar-refractivity contribution in [1.82, 2.24) is 15.0 Å². The summed E-state index contributed by atoms with van der Waals surface area (Å²) < 4.78 is 1.84. The van der Waals surface area contributed by atoms with Crippen molar-refractivity contribution in [3.8, 4) is 17.2 Å². The van der Waals surface area contributed by atoms with Gasteiger partial charge in [0.25, 0.3) is 0 Å². The Labute approximate surface area is 139 Å². The van der Waals surface area contributed by atoms with Gasteiger partial charge >= 0.3 is 0 Å². The Morgan fingerprint density at radius 3 is 2.09 bits per heavy atom. The standard InChI is InChI=1S/C16H22ClN3Si2/c1-21(2,3)12-11-15-16(22(4,5)6)18-19-20(15)14-9-7-13(17)8-10-14/h7-10H,1-6H3. The summed E-state index contributed by atoms with van der Waals surface area (Å²) in [5.74, 6) is 3.37. The molecule has 116 valence electrons. The van der Waals surface area contributed by atoms with Crippen LogP contribution in [0, 0.1) is 11.5 Å². The van der Waals surface area contributed by atoms with Gasteiger partial charge in [0.15, 0.2) is 0 Å². The van der Waals surface area contributed by atoms with E-state index in [1.165, 1.54) is 0 Å². The fourth-order valence-corrected chi connectivity index (χ4v) is 3.75. The maximum absolute atomic E-state index is 5.98. The zero-order chi connectivity index (χ0) is 16.5. The summed E-state index contributed by atoms with van der Waals surface area (Å²) >= 11 is 5.98. The number of hydrogen-bond donors (Lipinski definition) is 0. The number of halogens is 1. The summed E-state index contributed by atoms with van der Waals surface area (Å²) in [5.41, 5.74) is 5.32. The molecule has 0 unspecified atom stereocenters. The van der Waals surface area contributed by atoms with E-state index in [1.54, 1.807) is 0 Å². The molecule has 1 heterocycles. The normalized spacial score (nSPS) is 12.0.